The molecule has 0 aliphatic carbocycles. The van der Waals surface area contributed by atoms with Gasteiger partial charge in [-0.25, -0.2) is 4.98 Å². The average Bonchev–Trinajstić information content (AvgIpc) is 2.96. The van der Waals surface area contributed by atoms with Gasteiger partial charge in [0.1, 0.15) is 5.01 Å². The molecule has 1 aliphatic rings. The number of nitrogens with zero attached hydrogens (tertiary/aromatic N) is 2. The van der Waals surface area contributed by atoms with Crippen molar-refractivity contribution in [1.29, 1.82) is 0 Å². The fourth-order valence-corrected chi connectivity index (χ4v) is 3.41. The summed E-state index contributed by atoms with van der Waals surface area (Å²) >= 11 is 7.41. The summed E-state index contributed by atoms with van der Waals surface area (Å²) in [6, 6.07) is 0.597. The van der Waals surface area contributed by atoms with Gasteiger partial charge >= 0.3 is 0 Å². The zero-order valence-corrected chi connectivity index (χ0v) is 11.0. The van der Waals surface area contributed by atoms with Crippen LogP contribution in [0.15, 0.2) is 5.38 Å². The lowest BCUT2D eigenvalue weighted by Crippen LogP contribution is -2.34. The van der Waals surface area contributed by atoms with Gasteiger partial charge in [-0.3, -0.25) is 4.90 Å². The summed E-state index contributed by atoms with van der Waals surface area (Å²) in [6.07, 6.45) is 2.26. The van der Waals surface area contributed by atoms with E-state index in [1.165, 1.54) is 6.42 Å². The molecule has 0 aromatic carbocycles. The zero-order chi connectivity index (χ0) is 11.5. The van der Waals surface area contributed by atoms with E-state index in [4.69, 9.17) is 11.6 Å². The van der Waals surface area contributed by atoms with Crippen molar-refractivity contribution < 1.29 is 5.11 Å². The molecule has 0 spiro atoms. The van der Waals surface area contributed by atoms with Gasteiger partial charge in [-0.1, -0.05) is 0 Å². The first-order valence-electron chi connectivity index (χ1n) is 5.63. The van der Waals surface area contributed by atoms with Crippen LogP contribution in [0.1, 0.15) is 36.5 Å². The minimum Gasteiger partial charge on any atom is -0.395 e. The molecule has 0 saturated carbocycles. The summed E-state index contributed by atoms with van der Waals surface area (Å²) in [7, 11) is 0. The molecule has 90 valence electrons. The van der Waals surface area contributed by atoms with Gasteiger partial charge in [-0.15, -0.1) is 22.9 Å². The molecule has 1 fully saturated rings. The van der Waals surface area contributed by atoms with E-state index in [1.807, 2.05) is 5.38 Å². The van der Waals surface area contributed by atoms with Crippen LogP contribution in [0.3, 0.4) is 0 Å². The SMILES string of the molecule is CC(c1nc(CCl)cs1)N1CCCC1CO. The van der Waals surface area contributed by atoms with E-state index in [-0.39, 0.29) is 6.61 Å². The number of rotatable bonds is 4. The van der Waals surface area contributed by atoms with E-state index in [2.05, 4.69) is 16.8 Å². The Morgan fingerprint density at radius 2 is 2.56 bits per heavy atom. The Balaban J connectivity index is 2.08. The van der Waals surface area contributed by atoms with E-state index in [1.54, 1.807) is 11.3 Å². The highest BCUT2D eigenvalue weighted by Gasteiger charge is 2.29. The molecule has 1 aromatic heterocycles. The predicted octanol–water partition coefficient (Wildman–Crippen LogP) is 2.40. The highest BCUT2D eigenvalue weighted by Crippen LogP contribution is 2.30. The fraction of sp³-hybridized carbons (Fsp3) is 0.727. The van der Waals surface area contributed by atoms with Gasteiger partial charge < -0.3 is 5.11 Å². The molecule has 2 unspecified atom stereocenters. The van der Waals surface area contributed by atoms with Crippen LogP contribution in [0.4, 0.5) is 0 Å². The van der Waals surface area contributed by atoms with Crippen molar-refractivity contribution in [2.24, 2.45) is 0 Å². The smallest absolute Gasteiger partial charge is 0.110 e. The third-order valence-electron chi connectivity index (χ3n) is 3.19. The van der Waals surface area contributed by atoms with Crippen LogP contribution in [0, 0.1) is 0 Å². The summed E-state index contributed by atoms with van der Waals surface area (Å²) in [5, 5.41) is 12.4. The van der Waals surface area contributed by atoms with E-state index in [0.717, 1.165) is 23.7 Å². The van der Waals surface area contributed by atoms with Crippen LogP contribution >= 0.6 is 22.9 Å². The van der Waals surface area contributed by atoms with Crippen molar-refractivity contribution in [1.82, 2.24) is 9.88 Å². The molecule has 2 heterocycles. The average molecular weight is 261 g/mol. The number of aromatic nitrogens is 1. The molecule has 5 heteroatoms. The van der Waals surface area contributed by atoms with Gasteiger partial charge in [0.2, 0.25) is 0 Å². The van der Waals surface area contributed by atoms with Crippen molar-refractivity contribution in [2.45, 2.75) is 37.7 Å². The van der Waals surface area contributed by atoms with Gasteiger partial charge in [0, 0.05) is 11.4 Å². The second-order valence-corrected chi connectivity index (χ2v) is 5.36. The number of thiazole rings is 1. The van der Waals surface area contributed by atoms with Crippen LogP contribution in [-0.2, 0) is 5.88 Å². The highest BCUT2D eigenvalue weighted by atomic mass is 35.5. The van der Waals surface area contributed by atoms with E-state index in [9.17, 15) is 5.11 Å². The van der Waals surface area contributed by atoms with Gasteiger partial charge in [0.15, 0.2) is 0 Å². The summed E-state index contributed by atoms with van der Waals surface area (Å²) in [4.78, 5) is 6.85. The lowest BCUT2D eigenvalue weighted by Gasteiger charge is -2.28. The third-order valence-corrected chi connectivity index (χ3v) is 4.53. The second kappa shape index (κ2) is 5.45. The minimum atomic E-state index is 0.248. The number of aliphatic hydroxyl groups excluding tert-OH is 1. The maximum absolute atomic E-state index is 9.30. The standard InChI is InChI=1S/C11H17ClN2OS/c1-8(11-13-9(5-12)7-16-11)14-4-2-3-10(14)6-15/h7-8,10,15H,2-6H2,1H3. The van der Waals surface area contributed by atoms with Crippen LogP contribution < -0.4 is 0 Å². The molecule has 0 radical (unpaired) electrons. The van der Waals surface area contributed by atoms with Crippen molar-refractivity contribution in [3.05, 3.63) is 16.1 Å². The maximum atomic E-state index is 9.30. The summed E-state index contributed by atoms with van der Waals surface area (Å²) in [5.41, 5.74) is 0.952. The first-order valence-corrected chi connectivity index (χ1v) is 7.04. The summed E-state index contributed by atoms with van der Waals surface area (Å²) in [5.74, 6) is 0.479. The van der Waals surface area contributed by atoms with Crippen molar-refractivity contribution >= 4 is 22.9 Å². The third kappa shape index (κ3) is 2.40. The Morgan fingerprint density at radius 1 is 1.75 bits per heavy atom. The molecule has 2 atom stereocenters. The quantitative estimate of drug-likeness (QED) is 0.845. The van der Waals surface area contributed by atoms with Crippen LogP contribution in [0.2, 0.25) is 0 Å². The number of hydrogen-bond donors (Lipinski definition) is 1. The molecule has 1 N–H and O–H groups in total. The van der Waals surface area contributed by atoms with Crippen molar-refractivity contribution in [2.75, 3.05) is 13.2 Å². The molecule has 1 aromatic rings. The van der Waals surface area contributed by atoms with Crippen molar-refractivity contribution in [3.8, 4) is 0 Å². The lowest BCUT2D eigenvalue weighted by molar-refractivity contribution is 0.126. The number of likely N-dealkylation sites (tertiary alicyclic amines) is 1. The van der Waals surface area contributed by atoms with Crippen molar-refractivity contribution in [3.63, 3.8) is 0 Å². The van der Waals surface area contributed by atoms with Crippen LogP contribution in [0.5, 0.6) is 0 Å². The first-order chi connectivity index (χ1) is 7.76. The predicted molar refractivity (Wildman–Crippen MR) is 66.9 cm³/mol. The van der Waals surface area contributed by atoms with Gasteiger partial charge in [0.05, 0.1) is 24.2 Å². The normalized spacial score (nSPS) is 23.8. The Kier molecular flexibility index (Phi) is 4.19. The highest BCUT2D eigenvalue weighted by molar-refractivity contribution is 7.09. The van der Waals surface area contributed by atoms with Gasteiger partial charge in [0.25, 0.3) is 0 Å². The van der Waals surface area contributed by atoms with E-state index < -0.39 is 0 Å². The van der Waals surface area contributed by atoms with Gasteiger partial charge in [-0.2, -0.15) is 0 Å². The molecule has 3 nitrogen and oxygen atoms in total. The molecular formula is C11H17ClN2OS. The van der Waals surface area contributed by atoms with E-state index in [0.29, 0.717) is 18.0 Å². The number of aliphatic hydroxyl groups is 1. The second-order valence-electron chi connectivity index (χ2n) is 4.20. The molecule has 2 rings (SSSR count). The number of hydrogen-bond acceptors (Lipinski definition) is 4. The molecule has 1 saturated heterocycles. The monoisotopic (exact) mass is 260 g/mol. The topological polar surface area (TPSA) is 36.4 Å². The van der Waals surface area contributed by atoms with Crippen LogP contribution in [-0.4, -0.2) is 34.2 Å². The molecular weight excluding hydrogens is 244 g/mol. The Labute approximate surface area is 105 Å². The Bertz CT molecular complexity index is 344. The summed E-state index contributed by atoms with van der Waals surface area (Å²) < 4.78 is 0. The molecule has 0 amide bonds. The molecule has 16 heavy (non-hydrogen) atoms. The lowest BCUT2D eigenvalue weighted by atomic mass is 10.2. The Hall–Kier alpha value is -0.160. The molecule has 0 bridgehead atoms. The first kappa shape index (κ1) is 12.3. The minimum absolute atomic E-state index is 0.248. The Morgan fingerprint density at radius 3 is 3.19 bits per heavy atom. The van der Waals surface area contributed by atoms with E-state index >= 15 is 0 Å². The zero-order valence-electron chi connectivity index (χ0n) is 9.40. The number of alkyl halides is 1. The number of halogens is 1. The fourth-order valence-electron chi connectivity index (χ4n) is 2.28. The largest absolute Gasteiger partial charge is 0.395 e. The summed E-state index contributed by atoms with van der Waals surface area (Å²) in [6.45, 7) is 3.46. The molecule has 1 aliphatic heterocycles. The van der Waals surface area contributed by atoms with Gasteiger partial charge in [-0.05, 0) is 26.3 Å². The van der Waals surface area contributed by atoms with Crippen LogP contribution in [0.25, 0.3) is 0 Å². The maximum Gasteiger partial charge on any atom is 0.110 e.